The summed E-state index contributed by atoms with van der Waals surface area (Å²) in [5.41, 5.74) is 4.09. The molecule has 1 aromatic heterocycles. The highest BCUT2D eigenvalue weighted by Gasteiger charge is 2.25. The quantitative estimate of drug-likeness (QED) is 0.463. The molecular weight excluding hydrogens is 469 g/mol. The van der Waals surface area contributed by atoms with Crippen LogP contribution < -0.4 is 16.0 Å². The molecule has 3 N–H and O–H groups in total. The summed E-state index contributed by atoms with van der Waals surface area (Å²) >= 11 is 5.82. The molecule has 2 amide bonds. The highest BCUT2D eigenvalue weighted by molar-refractivity contribution is 6.30. The minimum Gasteiger partial charge on any atom is -0.386 e. The fraction of sp³-hybridized carbons (Fsp3) is 0.192. The van der Waals surface area contributed by atoms with Gasteiger partial charge in [-0.1, -0.05) is 23.7 Å². The second-order valence-electron chi connectivity index (χ2n) is 8.38. The third-order valence-electron chi connectivity index (χ3n) is 6.04. The molecule has 0 unspecified atom stereocenters. The molecule has 2 aromatic carbocycles. The molecule has 0 spiro atoms. The molecule has 5 rings (SSSR count). The summed E-state index contributed by atoms with van der Waals surface area (Å²) < 4.78 is 13.9. The van der Waals surface area contributed by atoms with Gasteiger partial charge >= 0.3 is 0 Å². The molecule has 0 radical (unpaired) electrons. The number of anilines is 2. The second kappa shape index (κ2) is 9.76. The zero-order chi connectivity index (χ0) is 24.4. The lowest BCUT2D eigenvalue weighted by molar-refractivity contribution is 0.102. The van der Waals surface area contributed by atoms with Gasteiger partial charge in [-0.05, 0) is 54.4 Å². The van der Waals surface area contributed by atoms with Gasteiger partial charge in [-0.2, -0.15) is 0 Å². The lowest BCUT2D eigenvalue weighted by atomic mass is 9.99. The van der Waals surface area contributed by atoms with Crippen molar-refractivity contribution in [1.29, 1.82) is 0 Å². The zero-order valence-corrected chi connectivity index (χ0v) is 19.5. The van der Waals surface area contributed by atoms with E-state index in [1.165, 1.54) is 42.2 Å². The fourth-order valence-electron chi connectivity index (χ4n) is 3.96. The largest absolute Gasteiger partial charge is 0.386 e. The van der Waals surface area contributed by atoms with Crippen LogP contribution in [0.2, 0.25) is 5.02 Å². The van der Waals surface area contributed by atoms with Crippen LogP contribution in [0.25, 0.3) is 5.70 Å². The van der Waals surface area contributed by atoms with E-state index in [0.29, 0.717) is 10.6 Å². The Morgan fingerprint density at radius 3 is 2.31 bits per heavy atom. The first-order chi connectivity index (χ1) is 17.0. The SMILES string of the molecule is O=C(Nc1ccc(F)cc1C(=O)Nc1ccc(Cl)cn1)c1ccc(C(=C2CCN2)N2CCC2)cc1. The van der Waals surface area contributed by atoms with Gasteiger partial charge in [0, 0.05) is 43.5 Å². The van der Waals surface area contributed by atoms with E-state index in [9.17, 15) is 14.0 Å². The average molecular weight is 492 g/mol. The summed E-state index contributed by atoms with van der Waals surface area (Å²) in [6.07, 6.45) is 3.59. The minimum atomic E-state index is -0.608. The molecule has 2 fully saturated rings. The van der Waals surface area contributed by atoms with Crippen molar-refractivity contribution in [3.63, 3.8) is 0 Å². The maximum Gasteiger partial charge on any atom is 0.259 e. The number of benzene rings is 2. The number of aromatic nitrogens is 1. The van der Waals surface area contributed by atoms with E-state index in [1.807, 2.05) is 12.1 Å². The molecule has 3 heterocycles. The van der Waals surface area contributed by atoms with Crippen molar-refractivity contribution in [1.82, 2.24) is 15.2 Å². The van der Waals surface area contributed by atoms with E-state index in [4.69, 9.17) is 11.6 Å². The van der Waals surface area contributed by atoms with Crippen LogP contribution in [0.5, 0.6) is 0 Å². The molecule has 2 saturated heterocycles. The number of halogens is 2. The number of pyridine rings is 1. The molecule has 0 atom stereocenters. The van der Waals surface area contributed by atoms with Gasteiger partial charge in [-0.3, -0.25) is 9.59 Å². The van der Waals surface area contributed by atoms with E-state index in [-0.39, 0.29) is 17.1 Å². The standard InChI is InChI=1S/C26H23ClFN5O2/c27-18-6-9-23(30-15-18)32-26(35)20-14-19(28)7-8-21(20)31-25(34)17-4-2-16(3-5-17)24(22-10-11-29-22)33-12-1-13-33/h2-9,14-15,29H,1,10-13H2,(H,31,34)(H,30,32,35). The Morgan fingerprint density at radius 2 is 1.71 bits per heavy atom. The van der Waals surface area contributed by atoms with Gasteiger partial charge in [0.05, 0.1) is 22.0 Å². The molecule has 35 heavy (non-hydrogen) atoms. The van der Waals surface area contributed by atoms with Crippen LogP contribution in [-0.2, 0) is 0 Å². The summed E-state index contributed by atoms with van der Waals surface area (Å²) in [6, 6.07) is 14.1. The van der Waals surface area contributed by atoms with Gasteiger partial charge in [0.1, 0.15) is 11.6 Å². The Kier molecular flexibility index (Phi) is 6.37. The Morgan fingerprint density at radius 1 is 0.971 bits per heavy atom. The van der Waals surface area contributed by atoms with Crippen LogP contribution in [0.4, 0.5) is 15.9 Å². The number of carbonyl (C=O) groups excluding carboxylic acids is 2. The lowest BCUT2D eigenvalue weighted by Gasteiger charge is -2.39. The highest BCUT2D eigenvalue weighted by Crippen LogP contribution is 2.30. The number of nitrogens with one attached hydrogen (secondary N) is 3. The van der Waals surface area contributed by atoms with Crippen molar-refractivity contribution >= 4 is 40.6 Å². The molecule has 9 heteroatoms. The van der Waals surface area contributed by atoms with E-state index >= 15 is 0 Å². The smallest absolute Gasteiger partial charge is 0.259 e. The summed E-state index contributed by atoms with van der Waals surface area (Å²) in [5, 5.41) is 9.12. The number of rotatable bonds is 6. The third-order valence-corrected chi connectivity index (χ3v) is 6.26. The molecule has 2 aliphatic rings. The molecule has 3 aromatic rings. The fourth-order valence-corrected chi connectivity index (χ4v) is 4.07. The Bertz CT molecular complexity index is 1300. The van der Waals surface area contributed by atoms with Gasteiger partial charge in [-0.25, -0.2) is 9.37 Å². The number of hydrogen-bond donors (Lipinski definition) is 3. The normalized spacial score (nSPS) is 15.9. The van der Waals surface area contributed by atoms with Crippen LogP contribution in [0.3, 0.4) is 0 Å². The number of amides is 2. The summed E-state index contributed by atoms with van der Waals surface area (Å²) in [5.74, 6) is -1.35. The van der Waals surface area contributed by atoms with Crippen LogP contribution in [0, 0.1) is 5.82 Å². The van der Waals surface area contributed by atoms with Crippen molar-refractivity contribution in [2.75, 3.05) is 30.3 Å². The lowest BCUT2D eigenvalue weighted by Crippen LogP contribution is -2.40. The molecule has 0 aliphatic carbocycles. The maximum absolute atomic E-state index is 13.9. The monoisotopic (exact) mass is 491 g/mol. The predicted molar refractivity (Wildman–Crippen MR) is 134 cm³/mol. The van der Waals surface area contributed by atoms with Gasteiger partial charge in [0.2, 0.25) is 0 Å². The van der Waals surface area contributed by atoms with Crippen molar-refractivity contribution in [2.24, 2.45) is 0 Å². The number of carbonyl (C=O) groups is 2. The number of hydrogen-bond acceptors (Lipinski definition) is 5. The first-order valence-corrected chi connectivity index (χ1v) is 11.7. The second-order valence-corrected chi connectivity index (χ2v) is 8.82. The van der Waals surface area contributed by atoms with Crippen molar-refractivity contribution < 1.29 is 14.0 Å². The molecular formula is C26H23ClFN5O2. The van der Waals surface area contributed by atoms with Crippen molar-refractivity contribution in [3.05, 3.63) is 94.0 Å². The van der Waals surface area contributed by atoms with Crippen LogP contribution in [-0.4, -0.2) is 41.3 Å². The van der Waals surface area contributed by atoms with E-state index in [0.717, 1.165) is 37.7 Å². The summed E-state index contributed by atoms with van der Waals surface area (Å²) in [7, 11) is 0. The maximum atomic E-state index is 13.9. The summed E-state index contributed by atoms with van der Waals surface area (Å²) in [4.78, 5) is 32.1. The first kappa shape index (κ1) is 22.9. The van der Waals surface area contributed by atoms with Gasteiger partial charge in [0.15, 0.2) is 0 Å². The van der Waals surface area contributed by atoms with E-state index in [1.54, 1.807) is 18.2 Å². The molecule has 0 saturated carbocycles. The van der Waals surface area contributed by atoms with Crippen molar-refractivity contribution in [2.45, 2.75) is 12.8 Å². The predicted octanol–water partition coefficient (Wildman–Crippen LogP) is 4.75. The topological polar surface area (TPSA) is 86.4 Å². The minimum absolute atomic E-state index is 0.0208. The van der Waals surface area contributed by atoms with Gasteiger partial charge in [0.25, 0.3) is 11.8 Å². The highest BCUT2D eigenvalue weighted by atomic mass is 35.5. The van der Waals surface area contributed by atoms with Crippen LogP contribution in [0.1, 0.15) is 39.1 Å². The van der Waals surface area contributed by atoms with E-state index < -0.39 is 17.6 Å². The molecule has 7 nitrogen and oxygen atoms in total. The Labute approximate surface area is 207 Å². The molecule has 0 bridgehead atoms. The molecule has 2 aliphatic heterocycles. The third kappa shape index (κ3) is 4.97. The number of likely N-dealkylation sites (tertiary alicyclic amines) is 1. The van der Waals surface area contributed by atoms with Gasteiger partial charge in [-0.15, -0.1) is 0 Å². The average Bonchev–Trinajstić information content (AvgIpc) is 2.79. The Balaban J connectivity index is 1.33. The molecule has 178 valence electrons. The van der Waals surface area contributed by atoms with E-state index in [2.05, 4.69) is 25.8 Å². The van der Waals surface area contributed by atoms with Crippen molar-refractivity contribution in [3.8, 4) is 0 Å². The van der Waals surface area contributed by atoms with Crippen LogP contribution >= 0.6 is 11.6 Å². The Hall–Kier alpha value is -3.91. The zero-order valence-electron chi connectivity index (χ0n) is 18.8. The first-order valence-electron chi connectivity index (χ1n) is 11.3. The number of nitrogens with zero attached hydrogens (tertiary/aromatic N) is 2. The summed E-state index contributed by atoms with van der Waals surface area (Å²) in [6.45, 7) is 3.04. The van der Waals surface area contributed by atoms with Crippen LogP contribution in [0.15, 0.2) is 66.5 Å². The van der Waals surface area contributed by atoms with Gasteiger partial charge < -0.3 is 20.9 Å².